The molecule has 7 rings (SSSR count). The summed E-state index contributed by atoms with van der Waals surface area (Å²) < 4.78 is 0. The van der Waals surface area contributed by atoms with Gasteiger partial charge in [0.25, 0.3) is 0 Å². The number of carbonyl (C=O) groups excluding carboxylic acids is 2. The summed E-state index contributed by atoms with van der Waals surface area (Å²) in [6.45, 7) is 5.67. The summed E-state index contributed by atoms with van der Waals surface area (Å²) in [7, 11) is 0. The average molecular weight is 627 g/mol. The number of nitrogens with zero attached hydrogens (tertiary/aromatic N) is 1. The fourth-order valence-electron chi connectivity index (χ4n) is 5.30. The Morgan fingerprint density at radius 2 is 1.10 bits per heavy atom. The van der Waals surface area contributed by atoms with Gasteiger partial charge in [-0.2, -0.15) is 0 Å². The smallest absolute Gasteiger partial charge is 0.195 e. The van der Waals surface area contributed by atoms with E-state index in [4.69, 9.17) is 10.7 Å². The van der Waals surface area contributed by atoms with Crippen molar-refractivity contribution >= 4 is 28.2 Å². The second-order valence-corrected chi connectivity index (χ2v) is 11.5. The van der Waals surface area contributed by atoms with Crippen LogP contribution in [0.5, 0.6) is 0 Å². The van der Waals surface area contributed by atoms with Crippen molar-refractivity contribution in [2.75, 3.05) is 5.73 Å². The van der Waals surface area contributed by atoms with E-state index in [-0.39, 0.29) is 11.6 Å². The van der Waals surface area contributed by atoms with E-state index in [0.717, 1.165) is 27.9 Å². The Labute approximate surface area is 282 Å². The van der Waals surface area contributed by atoms with Crippen LogP contribution in [0.15, 0.2) is 164 Å². The lowest BCUT2D eigenvalue weighted by atomic mass is 9.98. The van der Waals surface area contributed by atoms with Crippen molar-refractivity contribution in [2.24, 2.45) is 0 Å². The van der Waals surface area contributed by atoms with Gasteiger partial charge >= 0.3 is 0 Å². The molecule has 0 atom stereocenters. The molecule has 0 radical (unpaired) electrons. The molecule has 0 spiro atoms. The van der Waals surface area contributed by atoms with Crippen LogP contribution >= 0.6 is 0 Å². The number of hydrogen-bond acceptors (Lipinski definition) is 4. The highest BCUT2D eigenvalue weighted by atomic mass is 16.1. The largest absolute Gasteiger partial charge is 0.398 e. The number of Topliss-reactive ketones (excluding diaryl/α,β-unsaturated/α-hetero) is 1. The Bertz CT molecular complexity index is 2160. The third-order valence-corrected chi connectivity index (χ3v) is 7.78. The van der Waals surface area contributed by atoms with Crippen molar-refractivity contribution in [3.05, 3.63) is 192 Å². The van der Waals surface area contributed by atoms with Crippen molar-refractivity contribution in [2.45, 2.75) is 20.8 Å². The highest BCUT2D eigenvalue weighted by Crippen LogP contribution is 2.32. The summed E-state index contributed by atoms with van der Waals surface area (Å²) in [5, 5.41) is 1.19. The number of aryl methyl sites for hydroxylation is 2. The molecule has 48 heavy (non-hydrogen) atoms. The van der Waals surface area contributed by atoms with E-state index in [1.54, 1.807) is 31.2 Å². The van der Waals surface area contributed by atoms with Crippen LogP contribution in [0.1, 0.15) is 44.3 Å². The Hall–Kier alpha value is -6.13. The van der Waals surface area contributed by atoms with Gasteiger partial charge in [0, 0.05) is 33.3 Å². The first kappa shape index (κ1) is 33.2. The first-order valence-corrected chi connectivity index (χ1v) is 15.8. The fourth-order valence-corrected chi connectivity index (χ4v) is 5.30. The van der Waals surface area contributed by atoms with Crippen LogP contribution in [0.3, 0.4) is 0 Å². The van der Waals surface area contributed by atoms with Crippen LogP contribution in [-0.4, -0.2) is 16.6 Å². The normalized spacial score (nSPS) is 10.2. The molecule has 0 fully saturated rings. The number of fused-ring (bicyclic) bond motifs is 1. The van der Waals surface area contributed by atoms with Crippen molar-refractivity contribution < 1.29 is 9.59 Å². The standard InChI is InChI=1S/C22H17N.C13H11NO.C9H10O/c1-16-8-7-11-18(14-16)22-15-20(17-9-3-2-4-10-17)19-12-5-6-13-21(19)23-22;14-12-9-5-4-8-11(12)13(15)10-6-2-1-3-7-10;1-7-4-3-5-9(6-7)8(2)10/h2-15H,1H3;1-9H,14H2;3-6H,1-2H3. The number of aromatic nitrogens is 1. The minimum absolute atomic E-state index is 0.0336. The third kappa shape index (κ3) is 8.56. The van der Waals surface area contributed by atoms with Crippen molar-refractivity contribution in [3.63, 3.8) is 0 Å². The Morgan fingerprint density at radius 1 is 0.542 bits per heavy atom. The molecule has 0 amide bonds. The summed E-state index contributed by atoms with van der Waals surface area (Å²) >= 11 is 0. The predicted octanol–water partition coefficient (Wildman–Crippen LogP) is 10.6. The van der Waals surface area contributed by atoms with E-state index in [1.165, 1.54) is 22.1 Å². The van der Waals surface area contributed by atoms with E-state index < -0.39 is 0 Å². The molecule has 236 valence electrons. The highest BCUT2D eigenvalue weighted by molar-refractivity contribution is 6.12. The van der Waals surface area contributed by atoms with Gasteiger partial charge in [0.1, 0.15) is 0 Å². The zero-order valence-corrected chi connectivity index (χ0v) is 27.4. The molecular formula is C44H38N2O2. The van der Waals surface area contributed by atoms with Crippen molar-refractivity contribution in [1.29, 1.82) is 0 Å². The van der Waals surface area contributed by atoms with Gasteiger partial charge in [-0.15, -0.1) is 0 Å². The molecule has 0 saturated carbocycles. The second kappa shape index (κ2) is 15.9. The molecule has 4 heteroatoms. The van der Waals surface area contributed by atoms with Gasteiger partial charge in [-0.3, -0.25) is 9.59 Å². The first-order valence-electron chi connectivity index (χ1n) is 15.8. The molecule has 1 aromatic heterocycles. The highest BCUT2D eigenvalue weighted by Gasteiger charge is 2.11. The Kier molecular flexibility index (Phi) is 11.0. The molecule has 0 aliphatic rings. The lowest BCUT2D eigenvalue weighted by Gasteiger charge is -2.10. The maximum atomic E-state index is 12.0. The van der Waals surface area contributed by atoms with Gasteiger partial charge in [-0.05, 0) is 68.3 Å². The summed E-state index contributed by atoms with van der Waals surface area (Å²) in [6, 6.07) is 53.4. The van der Waals surface area contributed by atoms with Crippen molar-refractivity contribution in [3.8, 4) is 22.4 Å². The number of pyridine rings is 1. The zero-order valence-electron chi connectivity index (χ0n) is 27.4. The number of carbonyl (C=O) groups is 2. The van der Waals surface area contributed by atoms with Gasteiger partial charge in [-0.25, -0.2) is 4.98 Å². The maximum Gasteiger partial charge on any atom is 0.195 e. The van der Waals surface area contributed by atoms with Gasteiger partial charge < -0.3 is 5.73 Å². The topological polar surface area (TPSA) is 73.1 Å². The summed E-state index contributed by atoms with van der Waals surface area (Å²) in [5.74, 6) is 0.0948. The number of benzene rings is 6. The van der Waals surface area contributed by atoms with E-state index in [0.29, 0.717) is 16.8 Å². The van der Waals surface area contributed by atoms with Gasteiger partial charge in [0.15, 0.2) is 11.6 Å². The lowest BCUT2D eigenvalue weighted by Crippen LogP contribution is -2.04. The van der Waals surface area contributed by atoms with Crippen LogP contribution in [0.4, 0.5) is 5.69 Å². The molecule has 0 saturated heterocycles. The molecule has 0 aliphatic heterocycles. The number of anilines is 1. The minimum atomic E-state index is -0.0336. The van der Waals surface area contributed by atoms with Gasteiger partial charge in [-0.1, -0.05) is 139 Å². The van der Waals surface area contributed by atoms with Crippen LogP contribution in [0.25, 0.3) is 33.3 Å². The Balaban J connectivity index is 0.000000155. The lowest BCUT2D eigenvalue weighted by molar-refractivity contribution is 0.101. The summed E-state index contributed by atoms with van der Waals surface area (Å²) in [6.07, 6.45) is 0. The molecule has 2 N–H and O–H groups in total. The molecular weight excluding hydrogens is 588 g/mol. The average Bonchev–Trinajstić information content (AvgIpc) is 3.12. The molecule has 6 aromatic carbocycles. The van der Waals surface area contributed by atoms with Crippen LogP contribution < -0.4 is 5.73 Å². The van der Waals surface area contributed by atoms with Crippen LogP contribution in [-0.2, 0) is 0 Å². The van der Waals surface area contributed by atoms with E-state index in [2.05, 4.69) is 79.7 Å². The van der Waals surface area contributed by atoms with E-state index in [9.17, 15) is 9.59 Å². The molecule has 7 aromatic rings. The summed E-state index contributed by atoms with van der Waals surface area (Å²) in [4.78, 5) is 27.7. The minimum Gasteiger partial charge on any atom is -0.398 e. The van der Waals surface area contributed by atoms with E-state index in [1.807, 2.05) is 73.7 Å². The predicted molar refractivity (Wildman–Crippen MR) is 199 cm³/mol. The van der Waals surface area contributed by atoms with Gasteiger partial charge in [0.2, 0.25) is 0 Å². The SMILES string of the molecule is CC(=O)c1cccc(C)c1.Cc1cccc(-c2cc(-c3ccccc3)c3ccccc3n2)c1.Nc1ccccc1C(=O)c1ccccc1. The van der Waals surface area contributed by atoms with Gasteiger partial charge in [0.05, 0.1) is 11.2 Å². The molecule has 1 heterocycles. The van der Waals surface area contributed by atoms with E-state index >= 15 is 0 Å². The summed E-state index contributed by atoms with van der Waals surface area (Å²) in [5.41, 5.74) is 16.3. The number of nitrogens with two attached hydrogens (primary N) is 1. The van der Waals surface area contributed by atoms with Crippen LogP contribution in [0.2, 0.25) is 0 Å². The first-order chi connectivity index (χ1) is 23.3. The van der Waals surface area contributed by atoms with Crippen LogP contribution in [0, 0.1) is 13.8 Å². The zero-order chi connectivity index (χ0) is 33.9. The monoisotopic (exact) mass is 626 g/mol. The Morgan fingerprint density at radius 3 is 1.75 bits per heavy atom. The quantitative estimate of drug-likeness (QED) is 0.152. The molecule has 0 unspecified atom stereocenters. The number of para-hydroxylation sites is 2. The number of nitrogen functional groups attached to an aromatic ring is 1. The van der Waals surface area contributed by atoms with Crippen molar-refractivity contribution in [1.82, 2.24) is 4.98 Å². The maximum absolute atomic E-state index is 12.0. The fraction of sp³-hybridized carbons (Fsp3) is 0.0682. The number of rotatable bonds is 5. The third-order valence-electron chi connectivity index (χ3n) is 7.78. The molecule has 4 nitrogen and oxygen atoms in total. The molecule has 0 bridgehead atoms. The number of ketones is 2. The second-order valence-electron chi connectivity index (χ2n) is 11.5. The molecule has 0 aliphatic carbocycles. The number of hydrogen-bond donors (Lipinski definition) is 1.